The Labute approximate surface area is 144 Å². The SMILES string of the molecule is COC(=O)c1c(C)[nH]c(C(=O)C[C@]2(O)C(=O)Nc3ccccc32)c1C. The highest BCUT2D eigenvalue weighted by Gasteiger charge is 2.47. The van der Waals surface area contributed by atoms with Crippen LogP contribution in [0.1, 0.15) is 44.1 Å². The first-order valence-electron chi connectivity index (χ1n) is 7.73. The van der Waals surface area contributed by atoms with E-state index in [2.05, 4.69) is 10.3 Å². The molecule has 0 radical (unpaired) electrons. The van der Waals surface area contributed by atoms with Crippen molar-refractivity contribution in [3.05, 3.63) is 52.3 Å². The average molecular weight is 342 g/mol. The Hall–Kier alpha value is -2.93. The number of aryl methyl sites for hydroxylation is 1. The van der Waals surface area contributed by atoms with Gasteiger partial charge in [0.2, 0.25) is 0 Å². The first kappa shape index (κ1) is 16.9. The van der Waals surface area contributed by atoms with E-state index in [1.165, 1.54) is 7.11 Å². The molecule has 2 aromatic rings. The van der Waals surface area contributed by atoms with Crippen molar-refractivity contribution in [2.45, 2.75) is 25.9 Å². The summed E-state index contributed by atoms with van der Waals surface area (Å²) in [6.07, 6.45) is -0.433. The van der Waals surface area contributed by atoms with Crippen molar-refractivity contribution in [3.63, 3.8) is 0 Å². The number of carbonyl (C=O) groups excluding carboxylic acids is 3. The molecule has 0 saturated heterocycles. The summed E-state index contributed by atoms with van der Waals surface area (Å²) >= 11 is 0. The number of nitrogens with one attached hydrogen (secondary N) is 2. The number of fused-ring (bicyclic) bond motifs is 1. The smallest absolute Gasteiger partial charge is 0.339 e. The maximum atomic E-state index is 12.7. The lowest BCUT2D eigenvalue weighted by atomic mass is 9.88. The number of methoxy groups -OCH3 is 1. The Bertz CT molecular complexity index is 899. The molecule has 1 aliphatic rings. The van der Waals surface area contributed by atoms with Gasteiger partial charge in [-0.15, -0.1) is 0 Å². The van der Waals surface area contributed by atoms with Gasteiger partial charge in [-0.05, 0) is 25.5 Å². The van der Waals surface area contributed by atoms with E-state index in [9.17, 15) is 19.5 Å². The molecule has 1 amide bonds. The van der Waals surface area contributed by atoms with Gasteiger partial charge in [0.25, 0.3) is 5.91 Å². The Morgan fingerprint density at radius 3 is 2.60 bits per heavy atom. The molecule has 1 aliphatic heterocycles. The first-order chi connectivity index (χ1) is 11.8. The number of rotatable bonds is 4. The van der Waals surface area contributed by atoms with Crippen molar-refractivity contribution >= 4 is 23.3 Å². The molecule has 1 aromatic heterocycles. The Morgan fingerprint density at radius 2 is 1.92 bits per heavy atom. The number of ether oxygens (including phenoxy) is 1. The summed E-state index contributed by atoms with van der Waals surface area (Å²) in [7, 11) is 1.26. The number of aliphatic hydroxyl groups is 1. The van der Waals surface area contributed by atoms with Gasteiger partial charge in [0.05, 0.1) is 24.8 Å². The summed E-state index contributed by atoms with van der Waals surface area (Å²) in [4.78, 5) is 39.7. The number of benzene rings is 1. The Morgan fingerprint density at radius 1 is 1.24 bits per heavy atom. The molecule has 0 fully saturated rings. The van der Waals surface area contributed by atoms with Crippen LogP contribution in [0.25, 0.3) is 0 Å². The third kappa shape index (κ3) is 2.53. The van der Waals surface area contributed by atoms with Crippen LogP contribution in [0.15, 0.2) is 24.3 Å². The quantitative estimate of drug-likeness (QED) is 0.580. The maximum Gasteiger partial charge on any atom is 0.339 e. The Kier molecular flexibility index (Phi) is 3.96. The standard InChI is InChI=1S/C18H18N2O5/c1-9-14(16(22)25-3)10(2)19-15(9)13(21)8-18(24)11-6-4-5-7-12(11)20-17(18)23/h4-7,19,24H,8H2,1-3H3,(H,20,23)/t18-/m1/s1. The Balaban J connectivity index is 1.96. The molecule has 7 heteroatoms. The molecule has 0 bridgehead atoms. The summed E-state index contributed by atoms with van der Waals surface area (Å²) in [5.74, 6) is -1.66. The first-order valence-corrected chi connectivity index (χ1v) is 7.73. The van der Waals surface area contributed by atoms with Crippen LogP contribution in [0.5, 0.6) is 0 Å². The number of esters is 1. The van der Waals surface area contributed by atoms with E-state index < -0.39 is 29.7 Å². The third-order valence-electron chi connectivity index (χ3n) is 4.52. The van der Waals surface area contributed by atoms with Crippen molar-refractivity contribution in [1.82, 2.24) is 4.98 Å². The second kappa shape index (κ2) is 5.86. The molecule has 130 valence electrons. The van der Waals surface area contributed by atoms with E-state index in [1.807, 2.05) is 0 Å². The number of para-hydroxylation sites is 1. The zero-order valence-electron chi connectivity index (χ0n) is 14.1. The molecule has 7 nitrogen and oxygen atoms in total. The number of hydrogen-bond acceptors (Lipinski definition) is 5. The summed E-state index contributed by atoms with van der Waals surface area (Å²) in [5.41, 5.74) is 0.308. The largest absolute Gasteiger partial charge is 0.465 e. The minimum Gasteiger partial charge on any atom is -0.465 e. The zero-order chi connectivity index (χ0) is 18.4. The number of carbonyl (C=O) groups is 3. The molecule has 0 saturated carbocycles. The van der Waals surface area contributed by atoms with Crippen molar-refractivity contribution in [3.8, 4) is 0 Å². The van der Waals surface area contributed by atoms with E-state index in [0.29, 0.717) is 22.5 Å². The fourth-order valence-corrected chi connectivity index (χ4v) is 3.23. The molecule has 3 rings (SSSR count). The monoisotopic (exact) mass is 342 g/mol. The summed E-state index contributed by atoms with van der Waals surface area (Å²) in [6, 6.07) is 6.68. The van der Waals surface area contributed by atoms with Crippen LogP contribution in [0.3, 0.4) is 0 Å². The minimum absolute atomic E-state index is 0.184. The molecule has 0 aliphatic carbocycles. The molecule has 2 heterocycles. The van der Waals surface area contributed by atoms with Crippen LogP contribution in [-0.2, 0) is 15.1 Å². The molecule has 0 spiro atoms. The van der Waals surface area contributed by atoms with Crippen molar-refractivity contribution in [2.75, 3.05) is 12.4 Å². The predicted molar refractivity (Wildman–Crippen MR) is 89.5 cm³/mol. The van der Waals surface area contributed by atoms with Crippen molar-refractivity contribution < 1.29 is 24.2 Å². The number of anilines is 1. The van der Waals surface area contributed by atoms with Crippen LogP contribution in [0.2, 0.25) is 0 Å². The number of aromatic amines is 1. The fraction of sp³-hybridized carbons (Fsp3) is 0.278. The number of Topliss-reactive ketones (excluding diaryl/α,β-unsaturated/α-hetero) is 1. The van der Waals surface area contributed by atoms with E-state index >= 15 is 0 Å². The molecule has 0 unspecified atom stereocenters. The predicted octanol–water partition coefficient (Wildman–Crippen LogP) is 1.83. The van der Waals surface area contributed by atoms with Crippen LogP contribution in [-0.4, -0.2) is 34.9 Å². The van der Waals surface area contributed by atoms with Gasteiger partial charge in [0.15, 0.2) is 11.4 Å². The van der Waals surface area contributed by atoms with Crippen LogP contribution in [0.4, 0.5) is 5.69 Å². The lowest BCUT2D eigenvalue weighted by molar-refractivity contribution is -0.133. The molecular weight excluding hydrogens is 324 g/mol. The molecule has 3 N–H and O–H groups in total. The topological polar surface area (TPSA) is 108 Å². The van der Waals surface area contributed by atoms with Crippen LogP contribution in [0, 0.1) is 13.8 Å². The molecular formula is C18H18N2O5. The fourth-order valence-electron chi connectivity index (χ4n) is 3.23. The second-order valence-corrected chi connectivity index (χ2v) is 6.08. The number of hydrogen-bond donors (Lipinski definition) is 3. The zero-order valence-corrected chi connectivity index (χ0v) is 14.1. The van der Waals surface area contributed by atoms with E-state index in [1.54, 1.807) is 38.1 Å². The van der Waals surface area contributed by atoms with Crippen molar-refractivity contribution in [1.29, 1.82) is 0 Å². The van der Waals surface area contributed by atoms with Gasteiger partial charge < -0.3 is 20.1 Å². The van der Waals surface area contributed by atoms with Crippen LogP contribution >= 0.6 is 0 Å². The lowest BCUT2D eigenvalue weighted by Gasteiger charge is -2.19. The highest BCUT2D eigenvalue weighted by atomic mass is 16.5. The number of amides is 1. The summed E-state index contributed by atoms with van der Waals surface area (Å²) in [5, 5.41) is 13.4. The van der Waals surface area contributed by atoms with E-state index in [0.717, 1.165) is 0 Å². The van der Waals surface area contributed by atoms with Crippen LogP contribution < -0.4 is 5.32 Å². The van der Waals surface area contributed by atoms with Gasteiger partial charge >= 0.3 is 5.97 Å². The molecule has 1 aromatic carbocycles. The third-order valence-corrected chi connectivity index (χ3v) is 4.52. The maximum absolute atomic E-state index is 12.7. The highest BCUT2D eigenvalue weighted by molar-refractivity contribution is 6.10. The lowest BCUT2D eigenvalue weighted by Crippen LogP contribution is -2.36. The van der Waals surface area contributed by atoms with E-state index in [4.69, 9.17) is 4.74 Å². The molecule has 1 atom stereocenters. The van der Waals surface area contributed by atoms with Gasteiger partial charge in [-0.25, -0.2) is 4.79 Å². The molecule has 25 heavy (non-hydrogen) atoms. The number of aromatic nitrogens is 1. The normalized spacial score (nSPS) is 18.6. The second-order valence-electron chi connectivity index (χ2n) is 6.08. The van der Waals surface area contributed by atoms with Gasteiger partial charge in [0, 0.05) is 16.9 Å². The average Bonchev–Trinajstić information content (AvgIpc) is 3.01. The minimum atomic E-state index is -1.94. The highest BCUT2D eigenvalue weighted by Crippen LogP contribution is 2.39. The number of ketones is 1. The van der Waals surface area contributed by atoms with Crippen molar-refractivity contribution in [2.24, 2.45) is 0 Å². The summed E-state index contributed by atoms with van der Waals surface area (Å²) in [6.45, 7) is 3.28. The van der Waals surface area contributed by atoms with Gasteiger partial charge in [0.1, 0.15) is 0 Å². The summed E-state index contributed by atoms with van der Waals surface area (Å²) < 4.78 is 4.72. The number of H-pyrrole nitrogens is 1. The van der Waals surface area contributed by atoms with Gasteiger partial charge in [-0.3, -0.25) is 9.59 Å². The van der Waals surface area contributed by atoms with E-state index in [-0.39, 0.29) is 11.3 Å². The van der Waals surface area contributed by atoms with Gasteiger partial charge in [-0.2, -0.15) is 0 Å². The van der Waals surface area contributed by atoms with Gasteiger partial charge in [-0.1, -0.05) is 18.2 Å².